The molecule has 0 aliphatic carbocycles. The molecule has 2 amide bonds. The van der Waals surface area contributed by atoms with Gasteiger partial charge in [0.15, 0.2) is 0 Å². The Hall–Kier alpha value is -3.30. The first-order valence-electron chi connectivity index (χ1n) is 10.7. The van der Waals surface area contributed by atoms with Gasteiger partial charge >= 0.3 is 6.03 Å². The molecule has 9 heteroatoms. The Morgan fingerprint density at radius 2 is 2.09 bits per heavy atom. The second-order valence-electron chi connectivity index (χ2n) is 7.60. The Bertz CT molecular complexity index is 1050. The van der Waals surface area contributed by atoms with Gasteiger partial charge in [-0.3, -0.25) is 14.9 Å². The Balaban J connectivity index is 1.79. The number of amides is 2. The molecule has 0 saturated carbocycles. The second kappa shape index (κ2) is 11.5. The summed E-state index contributed by atoms with van der Waals surface area (Å²) < 4.78 is 0. The number of carbonyl (C=O) groups is 1. The summed E-state index contributed by atoms with van der Waals surface area (Å²) in [5, 5.41) is 11.3. The third-order valence-electron chi connectivity index (χ3n) is 5.31. The minimum Gasteiger partial charge on any atom is -0.367 e. The van der Waals surface area contributed by atoms with Crippen LogP contribution >= 0.6 is 11.8 Å². The van der Waals surface area contributed by atoms with Gasteiger partial charge in [0.1, 0.15) is 0 Å². The molecule has 1 aromatic heterocycles. The van der Waals surface area contributed by atoms with Gasteiger partial charge in [-0.1, -0.05) is 24.4 Å². The van der Waals surface area contributed by atoms with Crippen molar-refractivity contribution < 1.29 is 4.79 Å². The number of benzene rings is 1. The summed E-state index contributed by atoms with van der Waals surface area (Å²) in [4.78, 5) is 25.4. The van der Waals surface area contributed by atoms with Crippen LogP contribution in [0.1, 0.15) is 5.56 Å². The fraction of sp³-hybridized carbons (Fsp3) is 0.292. The van der Waals surface area contributed by atoms with Crippen molar-refractivity contribution in [3.8, 4) is 0 Å². The van der Waals surface area contributed by atoms with E-state index in [2.05, 4.69) is 44.1 Å². The molecule has 3 N–H and O–H groups in total. The third-order valence-corrected chi connectivity index (χ3v) is 6.25. The number of thioether (sulfide) groups is 1. The van der Waals surface area contributed by atoms with Gasteiger partial charge in [0.05, 0.1) is 34.7 Å². The van der Waals surface area contributed by atoms with Gasteiger partial charge in [-0.15, -0.1) is 0 Å². The molecule has 0 bridgehead atoms. The van der Waals surface area contributed by atoms with E-state index in [1.807, 2.05) is 36.6 Å². The van der Waals surface area contributed by atoms with Crippen molar-refractivity contribution in [3.05, 3.63) is 65.6 Å². The van der Waals surface area contributed by atoms with Crippen LogP contribution in [0.15, 0.2) is 69.9 Å². The lowest BCUT2D eigenvalue weighted by molar-refractivity contribution is 0.249. The molecular formula is C24H31N7OS. The van der Waals surface area contributed by atoms with Crippen molar-refractivity contribution in [2.75, 3.05) is 55.4 Å². The number of carbonyl (C=O) groups excluding carboxylic acids is 1. The van der Waals surface area contributed by atoms with Gasteiger partial charge < -0.3 is 20.9 Å². The number of hydrogen-bond donors (Lipinski definition) is 3. The third kappa shape index (κ3) is 6.15. The molecule has 1 saturated heterocycles. The molecule has 1 aromatic carbocycles. The summed E-state index contributed by atoms with van der Waals surface area (Å²) in [5.41, 5.74) is 5.07. The van der Waals surface area contributed by atoms with E-state index in [1.54, 1.807) is 31.4 Å². The van der Waals surface area contributed by atoms with Crippen molar-refractivity contribution in [1.82, 2.24) is 15.6 Å². The Morgan fingerprint density at radius 3 is 2.79 bits per heavy atom. The van der Waals surface area contributed by atoms with Gasteiger partial charge in [0.25, 0.3) is 0 Å². The first-order chi connectivity index (χ1) is 15.9. The maximum absolute atomic E-state index is 12.2. The summed E-state index contributed by atoms with van der Waals surface area (Å²) in [5.74, 6) is 0. The molecule has 174 valence electrons. The number of nitrogens with zero attached hydrogens (tertiary/aromatic N) is 4. The fourth-order valence-electron chi connectivity index (χ4n) is 3.48. The van der Waals surface area contributed by atoms with E-state index in [9.17, 15) is 4.79 Å². The van der Waals surface area contributed by atoms with E-state index in [0.29, 0.717) is 11.4 Å². The number of piperazine rings is 1. The average Bonchev–Trinajstić information content (AvgIpc) is 2.85. The molecule has 3 rings (SSSR count). The van der Waals surface area contributed by atoms with Crippen molar-refractivity contribution in [1.29, 1.82) is 0 Å². The largest absolute Gasteiger partial charge is 0.367 e. The van der Waals surface area contributed by atoms with Crippen LogP contribution in [-0.4, -0.2) is 58.0 Å². The highest BCUT2D eigenvalue weighted by atomic mass is 32.2. The van der Waals surface area contributed by atoms with Gasteiger partial charge in [0.2, 0.25) is 0 Å². The normalized spacial score (nSPS) is 13.9. The molecule has 1 aliphatic heterocycles. The number of anilines is 3. The van der Waals surface area contributed by atoms with Crippen LogP contribution in [0.3, 0.4) is 0 Å². The Kier molecular flexibility index (Phi) is 8.51. The summed E-state index contributed by atoms with van der Waals surface area (Å²) in [6.07, 6.45) is 3.60. The highest BCUT2D eigenvalue weighted by molar-refractivity contribution is 8.02. The lowest BCUT2D eigenvalue weighted by Gasteiger charge is -2.31. The quantitative estimate of drug-likeness (QED) is 0.312. The predicted molar refractivity (Wildman–Crippen MR) is 140 cm³/mol. The van der Waals surface area contributed by atoms with E-state index >= 15 is 0 Å². The van der Waals surface area contributed by atoms with E-state index in [4.69, 9.17) is 0 Å². The lowest BCUT2D eigenvalue weighted by Crippen LogP contribution is -2.43. The van der Waals surface area contributed by atoms with Crippen molar-refractivity contribution in [2.24, 2.45) is 4.99 Å². The monoisotopic (exact) mass is 465 g/mol. The molecule has 0 unspecified atom stereocenters. The van der Waals surface area contributed by atoms with Crippen LogP contribution in [0.4, 0.5) is 21.9 Å². The lowest BCUT2D eigenvalue weighted by atomic mass is 10.2. The van der Waals surface area contributed by atoms with Gasteiger partial charge in [-0.2, -0.15) is 0 Å². The smallest absolute Gasteiger partial charge is 0.321 e. The minimum absolute atomic E-state index is 0.184. The minimum atomic E-state index is -0.184. The zero-order valence-corrected chi connectivity index (χ0v) is 20.2. The summed E-state index contributed by atoms with van der Waals surface area (Å²) in [6.45, 7) is 13.6. The molecule has 2 heterocycles. The Labute approximate surface area is 199 Å². The number of nitrogens with one attached hydrogen (secondary N) is 3. The van der Waals surface area contributed by atoms with Gasteiger partial charge in [-0.05, 0) is 37.4 Å². The summed E-state index contributed by atoms with van der Waals surface area (Å²) >= 11 is 1.46. The maximum Gasteiger partial charge on any atom is 0.321 e. The number of urea groups is 1. The first-order valence-corrected chi connectivity index (χ1v) is 11.6. The molecule has 1 fully saturated rings. The number of aliphatic imine (C=N–C) groups is 1. The van der Waals surface area contributed by atoms with Crippen molar-refractivity contribution >= 4 is 41.6 Å². The van der Waals surface area contributed by atoms with Crippen LogP contribution in [0, 0.1) is 6.92 Å². The number of rotatable bonds is 8. The fourth-order valence-corrected chi connectivity index (χ4v) is 4.40. The molecule has 2 aromatic rings. The van der Waals surface area contributed by atoms with E-state index < -0.39 is 0 Å². The second-order valence-corrected chi connectivity index (χ2v) is 8.51. The van der Waals surface area contributed by atoms with Crippen molar-refractivity contribution in [3.63, 3.8) is 0 Å². The van der Waals surface area contributed by atoms with E-state index in [0.717, 1.165) is 53.7 Å². The molecule has 1 aliphatic rings. The van der Waals surface area contributed by atoms with Gasteiger partial charge in [-0.25, -0.2) is 4.79 Å². The molecule has 0 radical (unpaired) electrons. The first kappa shape index (κ1) is 24.3. The molecule has 0 atom stereocenters. The summed E-state index contributed by atoms with van der Waals surface area (Å²) in [6, 6.07) is 7.81. The average molecular weight is 466 g/mol. The number of hydrogen-bond acceptors (Lipinski definition) is 7. The Morgan fingerprint density at radius 1 is 1.33 bits per heavy atom. The SMILES string of the molecule is C=N/C(=C\Sc1ccc(C)cc1N(C)C(=O)NC)C(=C)Nc1cnccc1N1CCNCC1. The maximum atomic E-state index is 12.2. The topological polar surface area (TPSA) is 84.9 Å². The predicted octanol–water partition coefficient (Wildman–Crippen LogP) is 3.84. The van der Waals surface area contributed by atoms with Crippen LogP contribution < -0.4 is 25.8 Å². The van der Waals surface area contributed by atoms with Crippen LogP contribution in [0.2, 0.25) is 0 Å². The molecule has 33 heavy (non-hydrogen) atoms. The highest BCUT2D eigenvalue weighted by Crippen LogP contribution is 2.34. The van der Waals surface area contributed by atoms with Crippen molar-refractivity contribution in [2.45, 2.75) is 11.8 Å². The number of aryl methyl sites for hydroxylation is 1. The summed E-state index contributed by atoms with van der Waals surface area (Å²) in [7, 11) is 3.36. The number of aromatic nitrogens is 1. The molecule has 0 spiro atoms. The van der Waals surface area contributed by atoms with Crippen LogP contribution in [0.25, 0.3) is 0 Å². The van der Waals surface area contributed by atoms with Crippen LogP contribution in [0.5, 0.6) is 0 Å². The van der Waals surface area contributed by atoms with Crippen LogP contribution in [-0.2, 0) is 0 Å². The number of pyridine rings is 1. The van der Waals surface area contributed by atoms with E-state index in [1.165, 1.54) is 11.8 Å². The van der Waals surface area contributed by atoms with Gasteiger partial charge in [0, 0.05) is 56.8 Å². The van der Waals surface area contributed by atoms with E-state index in [-0.39, 0.29) is 6.03 Å². The highest BCUT2D eigenvalue weighted by Gasteiger charge is 2.16. The zero-order chi connectivity index (χ0) is 23.8. The zero-order valence-electron chi connectivity index (χ0n) is 19.4. The molecular weight excluding hydrogens is 434 g/mol. The standard InChI is InChI=1S/C24H31N7OS/c1-17-6-7-23(22(14-17)30(5)24(32)26-4)33-16-20(25-3)18(2)29-19-15-28-9-8-21(19)31-12-10-27-11-13-31/h6-9,14-16,27,29H,2-3,10-13H2,1,4-5H3,(H,26,32)/b20-16-. The molecule has 8 nitrogen and oxygen atoms in total.